The van der Waals surface area contributed by atoms with Crippen LogP contribution in [0.4, 0.5) is 5.69 Å². The topological polar surface area (TPSA) is 29.3 Å². The van der Waals surface area contributed by atoms with Crippen LogP contribution in [0.15, 0.2) is 24.3 Å². The van der Waals surface area contributed by atoms with Crippen LogP contribution in [0.5, 0.6) is 0 Å². The third-order valence-electron chi connectivity index (χ3n) is 3.64. The van der Waals surface area contributed by atoms with E-state index in [1.54, 1.807) is 0 Å². The van der Waals surface area contributed by atoms with E-state index < -0.39 is 0 Å². The largest absolute Gasteiger partial charge is 0.399 e. The van der Waals surface area contributed by atoms with Crippen molar-refractivity contribution in [2.75, 3.05) is 18.8 Å². The van der Waals surface area contributed by atoms with Crippen molar-refractivity contribution in [3.05, 3.63) is 29.8 Å². The van der Waals surface area contributed by atoms with Crippen LogP contribution in [0.3, 0.4) is 0 Å². The van der Waals surface area contributed by atoms with Crippen molar-refractivity contribution in [3.8, 4) is 0 Å². The molecule has 0 spiro atoms. The summed E-state index contributed by atoms with van der Waals surface area (Å²) in [6.07, 6.45) is 4.06. The summed E-state index contributed by atoms with van der Waals surface area (Å²) >= 11 is 0. The van der Waals surface area contributed by atoms with Crippen LogP contribution in [-0.4, -0.2) is 18.0 Å². The molecular weight excluding hydrogens is 208 g/mol. The molecule has 1 fully saturated rings. The molecule has 94 valence electrons. The number of nitrogens with two attached hydrogens (primary N) is 1. The van der Waals surface area contributed by atoms with Gasteiger partial charge in [-0.2, -0.15) is 0 Å². The first-order chi connectivity index (χ1) is 8.20. The van der Waals surface area contributed by atoms with Gasteiger partial charge in [0.2, 0.25) is 0 Å². The Bertz CT molecular complexity index is 358. The summed E-state index contributed by atoms with van der Waals surface area (Å²) < 4.78 is 0. The van der Waals surface area contributed by atoms with Gasteiger partial charge in [0.15, 0.2) is 0 Å². The zero-order valence-electron chi connectivity index (χ0n) is 11.0. The van der Waals surface area contributed by atoms with E-state index in [0.717, 1.165) is 11.6 Å². The highest BCUT2D eigenvalue weighted by molar-refractivity contribution is 5.41. The zero-order chi connectivity index (χ0) is 12.3. The summed E-state index contributed by atoms with van der Waals surface area (Å²) in [4.78, 5) is 2.60. The second-order valence-corrected chi connectivity index (χ2v) is 5.28. The Labute approximate surface area is 105 Å². The molecule has 17 heavy (non-hydrogen) atoms. The number of anilines is 1. The highest BCUT2D eigenvalue weighted by Crippen LogP contribution is 2.33. The lowest BCUT2D eigenvalue weighted by Gasteiger charge is -2.29. The standard InChI is InChI=1S/C15H24N2/c1-3-9-17(11-13-7-8-13)12(2)14-5-4-6-15(16)10-14/h4-6,10,12-13H,3,7-9,11,16H2,1-2H3. The molecule has 2 rings (SSSR count). The van der Waals surface area contributed by atoms with Crippen molar-refractivity contribution in [1.29, 1.82) is 0 Å². The van der Waals surface area contributed by atoms with E-state index in [4.69, 9.17) is 5.73 Å². The first kappa shape index (κ1) is 12.4. The third-order valence-corrected chi connectivity index (χ3v) is 3.64. The molecule has 1 unspecified atom stereocenters. The number of benzene rings is 1. The Morgan fingerprint density at radius 1 is 1.41 bits per heavy atom. The minimum Gasteiger partial charge on any atom is -0.399 e. The van der Waals surface area contributed by atoms with Crippen molar-refractivity contribution in [3.63, 3.8) is 0 Å². The summed E-state index contributed by atoms with van der Waals surface area (Å²) in [6, 6.07) is 8.81. The maximum atomic E-state index is 5.87. The van der Waals surface area contributed by atoms with Crippen LogP contribution >= 0.6 is 0 Å². The SMILES string of the molecule is CCCN(CC1CC1)C(C)c1cccc(N)c1. The normalized spacial score (nSPS) is 17.4. The van der Waals surface area contributed by atoms with Gasteiger partial charge in [0, 0.05) is 18.3 Å². The summed E-state index contributed by atoms with van der Waals surface area (Å²) in [5.41, 5.74) is 8.08. The number of rotatable bonds is 6. The zero-order valence-corrected chi connectivity index (χ0v) is 11.0. The van der Waals surface area contributed by atoms with Crippen LogP contribution in [0.25, 0.3) is 0 Å². The summed E-state index contributed by atoms with van der Waals surface area (Å²) in [7, 11) is 0. The lowest BCUT2D eigenvalue weighted by atomic mass is 10.1. The van der Waals surface area contributed by atoms with E-state index >= 15 is 0 Å². The van der Waals surface area contributed by atoms with Crippen molar-refractivity contribution in [2.45, 2.75) is 39.2 Å². The monoisotopic (exact) mass is 232 g/mol. The Hall–Kier alpha value is -1.02. The van der Waals surface area contributed by atoms with E-state index in [1.807, 2.05) is 6.07 Å². The molecule has 0 radical (unpaired) electrons. The third kappa shape index (κ3) is 3.47. The molecule has 2 N–H and O–H groups in total. The Kier molecular flexibility index (Phi) is 4.06. The van der Waals surface area contributed by atoms with E-state index in [2.05, 4.69) is 36.9 Å². The van der Waals surface area contributed by atoms with Gasteiger partial charge in [-0.1, -0.05) is 19.1 Å². The van der Waals surface area contributed by atoms with Gasteiger partial charge in [-0.05, 0) is 56.3 Å². The van der Waals surface area contributed by atoms with E-state index in [-0.39, 0.29) is 0 Å². The molecule has 2 nitrogen and oxygen atoms in total. The number of nitrogens with zero attached hydrogens (tertiary/aromatic N) is 1. The average Bonchev–Trinajstić information content (AvgIpc) is 3.11. The van der Waals surface area contributed by atoms with Crippen molar-refractivity contribution >= 4 is 5.69 Å². The van der Waals surface area contributed by atoms with Gasteiger partial charge >= 0.3 is 0 Å². The lowest BCUT2D eigenvalue weighted by molar-refractivity contribution is 0.202. The van der Waals surface area contributed by atoms with Crippen LogP contribution in [0, 0.1) is 5.92 Å². The van der Waals surface area contributed by atoms with Crippen molar-refractivity contribution in [1.82, 2.24) is 4.90 Å². The molecule has 1 saturated carbocycles. The summed E-state index contributed by atoms with van der Waals surface area (Å²) in [5.74, 6) is 0.949. The van der Waals surface area contributed by atoms with Gasteiger partial charge in [-0.25, -0.2) is 0 Å². The molecule has 0 bridgehead atoms. The van der Waals surface area contributed by atoms with E-state index in [1.165, 1.54) is 37.9 Å². The van der Waals surface area contributed by atoms with Crippen LogP contribution in [0.1, 0.15) is 44.7 Å². The van der Waals surface area contributed by atoms with Gasteiger partial charge in [-0.15, -0.1) is 0 Å². The van der Waals surface area contributed by atoms with E-state index in [9.17, 15) is 0 Å². The predicted molar refractivity (Wildman–Crippen MR) is 73.9 cm³/mol. The fourth-order valence-electron chi connectivity index (χ4n) is 2.39. The van der Waals surface area contributed by atoms with Gasteiger partial charge in [0.25, 0.3) is 0 Å². The maximum Gasteiger partial charge on any atom is 0.0320 e. The second kappa shape index (κ2) is 5.54. The fourth-order valence-corrected chi connectivity index (χ4v) is 2.39. The summed E-state index contributed by atoms with van der Waals surface area (Å²) in [6.45, 7) is 7.00. The number of hydrogen-bond acceptors (Lipinski definition) is 2. The Balaban J connectivity index is 2.05. The minimum atomic E-state index is 0.485. The molecule has 0 amide bonds. The number of hydrogen-bond donors (Lipinski definition) is 1. The maximum absolute atomic E-state index is 5.87. The van der Waals surface area contributed by atoms with Crippen LogP contribution in [0.2, 0.25) is 0 Å². The molecule has 0 aliphatic heterocycles. The molecule has 2 heteroatoms. The lowest BCUT2D eigenvalue weighted by Crippen LogP contribution is -2.30. The molecule has 1 aliphatic carbocycles. The minimum absolute atomic E-state index is 0.485. The van der Waals surface area contributed by atoms with Crippen LogP contribution < -0.4 is 5.73 Å². The highest BCUT2D eigenvalue weighted by atomic mass is 15.2. The molecular formula is C15H24N2. The van der Waals surface area contributed by atoms with Gasteiger partial charge < -0.3 is 5.73 Å². The first-order valence-electron chi connectivity index (χ1n) is 6.80. The molecule has 1 aliphatic rings. The second-order valence-electron chi connectivity index (χ2n) is 5.28. The summed E-state index contributed by atoms with van der Waals surface area (Å²) in [5, 5.41) is 0. The average molecular weight is 232 g/mol. The highest BCUT2D eigenvalue weighted by Gasteiger charge is 2.26. The quantitative estimate of drug-likeness (QED) is 0.761. The van der Waals surface area contributed by atoms with Gasteiger partial charge in [-0.3, -0.25) is 4.90 Å². The Morgan fingerprint density at radius 3 is 2.76 bits per heavy atom. The van der Waals surface area contributed by atoms with Crippen LogP contribution in [-0.2, 0) is 0 Å². The molecule has 1 atom stereocenters. The smallest absolute Gasteiger partial charge is 0.0320 e. The van der Waals surface area contributed by atoms with Crippen molar-refractivity contribution < 1.29 is 0 Å². The molecule has 0 saturated heterocycles. The first-order valence-corrected chi connectivity index (χ1v) is 6.80. The Morgan fingerprint density at radius 2 is 2.18 bits per heavy atom. The predicted octanol–water partition coefficient (Wildman–Crippen LogP) is 3.45. The molecule has 1 aromatic carbocycles. The van der Waals surface area contributed by atoms with Gasteiger partial charge in [0.1, 0.15) is 0 Å². The molecule has 0 aromatic heterocycles. The van der Waals surface area contributed by atoms with Crippen molar-refractivity contribution in [2.24, 2.45) is 5.92 Å². The van der Waals surface area contributed by atoms with E-state index in [0.29, 0.717) is 6.04 Å². The van der Waals surface area contributed by atoms with Gasteiger partial charge in [0.05, 0.1) is 0 Å². The fraction of sp³-hybridized carbons (Fsp3) is 0.600. The number of nitrogen functional groups attached to an aromatic ring is 1. The molecule has 1 aromatic rings. The molecule has 0 heterocycles.